The molecular weight excluding hydrogens is 326 g/mol. The van der Waals surface area contributed by atoms with Crippen molar-refractivity contribution in [2.24, 2.45) is 12.0 Å². The Bertz CT molecular complexity index is 708. The molecule has 0 unspecified atom stereocenters. The van der Waals surface area contributed by atoms with Crippen LogP contribution in [0.1, 0.15) is 30.0 Å². The van der Waals surface area contributed by atoms with Crippen LogP contribution < -0.4 is 15.4 Å². The Kier molecular flexibility index (Phi) is 7.99. The number of nitrogens with one attached hydrogen (secondary N) is 2. The van der Waals surface area contributed by atoms with Gasteiger partial charge < -0.3 is 15.4 Å². The summed E-state index contributed by atoms with van der Waals surface area (Å²) in [5.41, 5.74) is 3.72. The van der Waals surface area contributed by atoms with Crippen LogP contribution >= 0.6 is 0 Å². The zero-order chi connectivity index (χ0) is 18.8. The third kappa shape index (κ3) is 6.43. The predicted molar refractivity (Wildman–Crippen MR) is 107 cm³/mol. The van der Waals surface area contributed by atoms with Crippen LogP contribution in [0.5, 0.6) is 5.75 Å². The molecular formula is C20H31N5O. The molecule has 0 aliphatic rings. The number of benzene rings is 1. The van der Waals surface area contributed by atoms with E-state index in [0.29, 0.717) is 0 Å². The molecule has 0 atom stereocenters. The normalized spacial score (nSPS) is 11.5. The largest absolute Gasteiger partial charge is 0.496 e. The Balaban J connectivity index is 1.80. The quantitative estimate of drug-likeness (QED) is 0.411. The van der Waals surface area contributed by atoms with Crippen LogP contribution in [0.15, 0.2) is 35.6 Å². The average Bonchev–Trinajstić information content (AvgIpc) is 3.04. The van der Waals surface area contributed by atoms with Gasteiger partial charge in [-0.15, -0.1) is 0 Å². The second-order valence-corrected chi connectivity index (χ2v) is 6.38. The lowest BCUT2D eigenvalue weighted by molar-refractivity contribution is 0.409. The van der Waals surface area contributed by atoms with Gasteiger partial charge in [0.2, 0.25) is 0 Å². The van der Waals surface area contributed by atoms with Crippen LogP contribution in [0.4, 0.5) is 0 Å². The number of hydrogen-bond acceptors (Lipinski definition) is 3. The number of hydrogen-bond donors (Lipinski definition) is 2. The average molecular weight is 358 g/mol. The summed E-state index contributed by atoms with van der Waals surface area (Å²) >= 11 is 0. The maximum Gasteiger partial charge on any atom is 0.191 e. The molecule has 1 aromatic carbocycles. The first-order valence-corrected chi connectivity index (χ1v) is 9.25. The van der Waals surface area contributed by atoms with Gasteiger partial charge in [0.25, 0.3) is 0 Å². The summed E-state index contributed by atoms with van der Waals surface area (Å²) in [6.07, 6.45) is 6.88. The van der Waals surface area contributed by atoms with Crippen molar-refractivity contribution in [3.8, 4) is 5.75 Å². The fourth-order valence-corrected chi connectivity index (χ4v) is 2.84. The van der Waals surface area contributed by atoms with E-state index in [4.69, 9.17) is 4.74 Å². The van der Waals surface area contributed by atoms with Crippen molar-refractivity contribution < 1.29 is 4.74 Å². The zero-order valence-corrected chi connectivity index (χ0v) is 16.4. The Morgan fingerprint density at radius 3 is 2.81 bits per heavy atom. The Hall–Kier alpha value is -2.50. The van der Waals surface area contributed by atoms with E-state index in [-0.39, 0.29) is 0 Å². The van der Waals surface area contributed by atoms with Crippen molar-refractivity contribution in [1.82, 2.24) is 20.4 Å². The van der Waals surface area contributed by atoms with E-state index < -0.39 is 0 Å². The van der Waals surface area contributed by atoms with Crippen molar-refractivity contribution in [3.05, 3.63) is 47.3 Å². The van der Waals surface area contributed by atoms with Gasteiger partial charge in [0, 0.05) is 32.9 Å². The number of ether oxygens (including phenoxy) is 1. The molecule has 0 bridgehead atoms. The highest BCUT2D eigenvalue weighted by atomic mass is 16.5. The van der Waals surface area contributed by atoms with Crippen molar-refractivity contribution in [1.29, 1.82) is 0 Å². The number of rotatable bonds is 9. The molecule has 6 heteroatoms. The maximum atomic E-state index is 5.45. The molecule has 0 saturated heterocycles. The number of nitrogens with zero attached hydrogens (tertiary/aromatic N) is 3. The summed E-state index contributed by atoms with van der Waals surface area (Å²) in [5.74, 6) is 1.81. The van der Waals surface area contributed by atoms with Crippen LogP contribution in [-0.2, 0) is 19.9 Å². The summed E-state index contributed by atoms with van der Waals surface area (Å²) < 4.78 is 7.29. The van der Waals surface area contributed by atoms with Gasteiger partial charge in [-0.2, -0.15) is 5.10 Å². The molecule has 0 aliphatic carbocycles. The van der Waals surface area contributed by atoms with Gasteiger partial charge in [0.05, 0.1) is 13.3 Å². The maximum absolute atomic E-state index is 5.45. The summed E-state index contributed by atoms with van der Waals surface area (Å²) in [6.45, 7) is 6.63. The first kappa shape index (κ1) is 19.8. The first-order valence-electron chi connectivity index (χ1n) is 9.25. The molecule has 0 aliphatic heterocycles. The van der Waals surface area contributed by atoms with Gasteiger partial charge in [-0.25, -0.2) is 0 Å². The van der Waals surface area contributed by atoms with Crippen LogP contribution in [0.3, 0.4) is 0 Å². The number of guanidine groups is 1. The number of methoxy groups -OCH3 is 1. The second kappa shape index (κ2) is 10.5. The van der Waals surface area contributed by atoms with Crippen LogP contribution in [0.25, 0.3) is 0 Å². The summed E-state index contributed by atoms with van der Waals surface area (Å²) in [4.78, 5) is 4.66. The lowest BCUT2D eigenvalue weighted by Crippen LogP contribution is -2.38. The van der Waals surface area contributed by atoms with E-state index in [1.165, 1.54) is 16.7 Å². The van der Waals surface area contributed by atoms with Crippen molar-refractivity contribution in [2.45, 2.75) is 33.1 Å². The van der Waals surface area contributed by atoms with Gasteiger partial charge >= 0.3 is 0 Å². The summed E-state index contributed by atoms with van der Waals surface area (Å²) in [7, 11) is 3.66. The fraction of sp³-hybridized carbons (Fsp3) is 0.500. The molecule has 26 heavy (non-hydrogen) atoms. The molecule has 0 fully saturated rings. The van der Waals surface area contributed by atoms with Crippen LogP contribution in [-0.4, -0.2) is 42.5 Å². The Labute approximate surface area is 156 Å². The molecule has 2 rings (SSSR count). The van der Waals surface area contributed by atoms with E-state index >= 15 is 0 Å². The molecule has 0 spiro atoms. The van der Waals surface area contributed by atoms with E-state index in [1.54, 1.807) is 7.11 Å². The third-order valence-corrected chi connectivity index (χ3v) is 4.12. The highest BCUT2D eigenvalue weighted by molar-refractivity contribution is 5.79. The molecule has 142 valence electrons. The van der Waals surface area contributed by atoms with Gasteiger partial charge in [0.1, 0.15) is 5.75 Å². The molecule has 6 nitrogen and oxygen atoms in total. The first-order chi connectivity index (χ1) is 12.6. The molecule has 0 saturated carbocycles. The summed E-state index contributed by atoms with van der Waals surface area (Å²) in [6, 6.07) is 6.28. The zero-order valence-electron chi connectivity index (χ0n) is 16.4. The molecule has 0 amide bonds. The van der Waals surface area contributed by atoms with E-state index in [2.05, 4.69) is 52.9 Å². The van der Waals surface area contributed by atoms with Crippen molar-refractivity contribution in [2.75, 3.05) is 26.7 Å². The number of aromatic nitrogens is 2. The monoisotopic (exact) mass is 357 g/mol. The Morgan fingerprint density at radius 1 is 1.27 bits per heavy atom. The number of aryl methyl sites for hydroxylation is 3. The van der Waals surface area contributed by atoms with E-state index in [0.717, 1.165) is 50.6 Å². The topological polar surface area (TPSA) is 63.5 Å². The van der Waals surface area contributed by atoms with Gasteiger partial charge in [-0.3, -0.25) is 9.67 Å². The van der Waals surface area contributed by atoms with E-state index in [1.807, 2.05) is 24.0 Å². The highest BCUT2D eigenvalue weighted by Crippen LogP contribution is 2.19. The van der Waals surface area contributed by atoms with Gasteiger partial charge in [-0.05, 0) is 50.3 Å². The molecule has 1 heterocycles. The molecule has 2 N–H and O–H groups in total. The van der Waals surface area contributed by atoms with Gasteiger partial charge in [-0.1, -0.05) is 17.7 Å². The lowest BCUT2D eigenvalue weighted by Gasteiger charge is -2.13. The van der Waals surface area contributed by atoms with Crippen molar-refractivity contribution >= 4 is 5.96 Å². The molecule has 0 radical (unpaired) electrons. The molecule has 2 aromatic rings. The van der Waals surface area contributed by atoms with E-state index in [9.17, 15) is 0 Å². The van der Waals surface area contributed by atoms with Crippen LogP contribution in [0, 0.1) is 6.92 Å². The minimum absolute atomic E-state index is 0.790. The Morgan fingerprint density at radius 2 is 2.12 bits per heavy atom. The third-order valence-electron chi connectivity index (χ3n) is 4.12. The SMILES string of the molecule is CCNC(=NCCCc1cnn(C)c1)NCCc1cc(C)ccc1OC. The predicted octanol–water partition coefficient (Wildman–Crippen LogP) is 2.47. The van der Waals surface area contributed by atoms with Crippen LogP contribution in [0.2, 0.25) is 0 Å². The highest BCUT2D eigenvalue weighted by Gasteiger charge is 2.04. The lowest BCUT2D eigenvalue weighted by atomic mass is 10.1. The second-order valence-electron chi connectivity index (χ2n) is 6.38. The van der Waals surface area contributed by atoms with Gasteiger partial charge in [0.15, 0.2) is 5.96 Å². The summed E-state index contributed by atoms with van der Waals surface area (Å²) in [5, 5.41) is 10.9. The fourth-order valence-electron chi connectivity index (χ4n) is 2.84. The molecule has 1 aromatic heterocycles. The minimum Gasteiger partial charge on any atom is -0.496 e. The van der Waals surface area contributed by atoms with Crippen molar-refractivity contribution in [3.63, 3.8) is 0 Å². The minimum atomic E-state index is 0.790. The number of aliphatic imine (C=N–C) groups is 1. The smallest absolute Gasteiger partial charge is 0.191 e. The standard InChI is InChI=1S/C20H31N5O/c1-5-21-20(22-11-6-7-17-14-24-25(3)15-17)23-12-10-18-13-16(2)8-9-19(18)26-4/h8-9,13-15H,5-7,10-12H2,1-4H3,(H2,21,22,23).